The maximum Gasteiger partial charge on any atom is 0.227 e. The summed E-state index contributed by atoms with van der Waals surface area (Å²) in [6, 6.07) is 11.7. The third-order valence-corrected chi connectivity index (χ3v) is 6.28. The van der Waals surface area contributed by atoms with Gasteiger partial charge in [0.2, 0.25) is 11.8 Å². The molecule has 2 aliphatic rings. The van der Waals surface area contributed by atoms with Crippen LogP contribution in [0.3, 0.4) is 0 Å². The predicted molar refractivity (Wildman–Crippen MR) is 116 cm³/mol. The number of carbonyl (C=O) groups is 2. The molecule has 2 unspecified atom stereocenters. The molecule has 2 amide bonds. The Morgan fingerprint density at radius 3 is 2.71 bits per heavy atom. The Labute approximate surface area is 181 Å². The highest BCUT2D eigenvalue weighted by molar-refractivity contribution is 6.00. The average Bonchev–Trinajstić information content (AvgIpc) is 3.41. The third kappa shape index (κ3) is 4.55. The van der Waals surface area contributed by atoms with Crippen molar-refractivity contribution in [1.29, 1.82) is 0 Å². The first kappa shape index (κ1) is 21.3. The van der Waals surface area contributed by atoms with Crippen molar-refractivity contribution >= 4 is 23.2 Å². The first-order valence-electron chi connectivity index (χ1n) is 10.8. The van der Waals surface area contributed by atoms with Gasteiger partial charge in [-0.15, -0.1) is 0 Å². The number of para-hydroxylation sites is 1. The van der Waals surface area contributed by atoms with Gasteiger partial charge in [0.25, 0.3) is 0 Å². The molecule has 1 N–H and O–H groups in total. The Bertz CT molecular complexity index is 981. The molecule has 0 spiro atoms. The number of anilines is 2. The van der Waals surface area contributed by atoms with Gasteiger partial charge in [0.15, 0.2) is 11.6 Å². The van der Waals surface area contributed by atoms with Crippen LogP contribution in [-0.2, 0) is 16.0 Å². The number of benzene rings is 2. The second-order valence-electron chi connectivity index (χ2n) is 8.33. The van der Waals surface area contributed by atoms with Crippen LogP contribution in [0.5, 0.6) is 0 Å². The molecule has 0 saturated carbocycles. The second-order valence-corrected chi connectivity index (χ2v) is 8.33. The monoisotopic (exact) mass is 427 g/mol. The fraction of sp³-hybridized carbons (Fsp3) is 0.417. The van der Waals surface area contributed by atoms with Crippen LogP contribution in [-0.4, -0.2) is 38.0 Å². The van der Waals surface area contributed by atoms with Crippen LogP contribution in [0.2, 0.25) is 0 Å². The zero-order chi connectivity index (χ0) is 22.0. The average molecular weight is 427 g/mol. The van der Waals surface area contributed by atoms with Crippen molar-refractivity contribution in [2.75, 3.05) is 36.0 Å². The molecule has 0 bridgehead atoms. The lowest BCUT2D eigenvalue weighted by Gasteiger charge is -2.20. The molecule has 0 radical (unpaired) electrons. The summed E-state index contributed by atoms with van der Waals surface area (Å²) in [5.74, 6) is -1.96. The van der Waals surface area contributed by atoms with Crippen LogP contribution in [0.4, 0.5) is 20.2 Å². The van der Waals surface area contributed by atoms with Gasteiger partial charge in [-0.3, -0.25) is 9.59 Å². The molecule has 4 rings (SSSR count). The standard InChI is InChI=1S/C24H27F2N3O2/c1-2-17-5-3-4-6-22(17)29-15-18(11-23(29)30)24(31)27-13-16-9-10-28(14-16)19-7-8-20(25)21(26)12-19/h3-8,12,16,18H,2,9-11,13-15H2,1H3,(H,27,31). The van der Waals surface area contributed by atoms with Gasteiger partial charge < -0.3 is 15.1 Å². The Morgan fingerprint density at radius 2 is 1.94 bits per heavy atom. The highest BCUT2D eigenvalue weighted by Gasteiger charge is 2.36. The van der Waals surface area contributed by atoms with Gasteiger partial charge in [0.05, 0.1) is 5.92 Å². The number of aryl methyl sites for hydroxylation is 1. The zero-order valence-corrected chi connectivity index (χ0v) is 17.6. The van der Waals surface area contributed by atoms with Crippen molar-refractivity contribution in [3.63, 3.8) is 0 Å². The first-order chi connectivity index (χ1) is 15.0. The zero-order valence-electron chi connectivity index (χ0n) is 17.6. The summed E-state index contributed by atoms with van der Waals surface area (Å²) in [5.41, 5.74) is 2.64. The van der Waals surface area contributed by atoms with E-state index in [1.165, 1.54) is 6.07 Å². The normalized spacial score (nSPS) is 21.1. The van der Waals surface area contributed by atoms with Gasteiger partial charge in [-0.25, -0.2) is 8.78 Å². The minimum absolute atomic E-state index is 0.0218. The summed E-state index contributed by atoms with van der Waals surface area (Å²) in [7, 11) is 0. The molecule has 2 aliphatic heterocycles. The number of rotatable bonds is 6. The minimum atomic E-state index is -0.853. The number of hydrogen-bond donors (Lipinski definition) is 1. The lowest BCUT2D eigenvalue weighted by atomic mass is 10.1. The topological polar surface area (TPSA) is 52.7 Å². The highest BCUT2D eigenvalue weighted by atomic mass is 19.2. The van der Waals surface area contributed by atoms with Crippen molar-refractivity contribution < 1.29 is 18.4 Å². The fourth-order valence-corrected chi connectivity index (χ4v) is 4.49. The Balaban J connectivity index is 1.30. The molecule has 2 aromatic carbocycles. The summed E-state index contributed by atoms with van der Waals surface area (Å²) >= 11 is 0. The third-order valence-electron chi connectivity index (χ3n) is 6.28. The van der Waals surface area contributed by atoms with Gasteiger partial charge in [0.1, 0.15) is 0 Å². The smallest absolute Gasteiger partial charge is 0.227 e. The summed E-state index contributed by atoms with van der Waals surface area (Å²) < 4.78 is 26.7. The van der Waals surface area contributed by atoms with Gasteiger partial charge in [-0.05, 0) is 42.5 Å². The number of halogens is 2. The van der Waals surface area contributed by atoms with E-state index in [9.17, 15) is 18.4 Å². The molecular formula is C24H27F2N3O2. The Hall–Kier alpha value is -2.96. The van der Waals surface area contributed by atoms with Crippen LogP contribution in [0.15, 0.2) is 42.5 Å². The molecule has 31 heavy (non-hydrogen) atoms. The van der Waals surface area contributed by atoms with Crippen LogP contribution in [0, 0.1) is 23.5 Å². The molecule has 5 nitrogen and oxygen atoms in total. The number of hydrogen-bond acceptors (Lipinski definition) is 3. The lowest BCUT2D eigenvalue weighted by molar-refractivity contribution is -0.126. The van der Waals surface area contributed by atoms with Gasteiger partial charge in [0, 0.05) is 50.0 Å². The van der Waals surface area contributed by atoms with E-state index in [1.807, 2.05) is 29.2 Å². The fourth-order valence-electron chi connectivity index (χ4n) is 4.49. The van der Waals surface area contributed by atoms with Gasteiger partial charge >= 0.3 is 0 Å². The largest absolute Gasteiger partial charge is 0.371 e. The van der Waals surface area contributed by atoms with Crippen LogP contribution in [0.25, 0.3) is 0 Å². The van der Waals surface area contributed by atoms with E-state index in [4.69, 9.17) is 0 Å². The van der Waals surface area contributed by atoms with Crippen LogP contribution < -0.4 is 15.1 Å². The van der Waals surface area contributed by atoms with Crippen molar-refractivity contribution in [3.8, 4) is 0 Å². The molecule has 2 saturated heterocycles. The van der Waals surface area contributed by atoms with E-state index in [1.54, 1.807) is 11.0 Å². The van der Waals surface area contributed by atoms with Gasteiger partial charge in [-0.2, -0.15) is 0 Å². The summed E-state index contributed by atoms with van der Waals surface area (Å²) in [5, 5.41) is 3.00. The molecule has 0 aromatic heterocycles. The highest BCUT2D eigenvalue weighted by Crippen LogP contribution is 2.29. The molecule has 2 atom stereocenters. The van der Waals surface area contributed by atoms with Crippen molar-refractivity contribution in [2.45, 2.75) is 26.2 Å². The summed E-state index contributed by atoms with van der Waals surface area (Å²) in [6.45, 7) is 4.36. The molecule has 2 heterocycles. The van der Waals surface area contributed by atoms with E-state index >= 15 is 0 Å². The summed E-state index contributed by atoms with van der Waals surface area (Å²) in [6.07, 6.45) is 1.90. The number of amides is 2. The molecule has 0 aliphatic carbocycles. The predicted octanol–water partition coefficient (Wildman–Crippen LogP) is 3.52. The van der Waals surface area contributed by atoms with Gasteiger partial charge in [-0.1, -0.05) is 25.1 Å². The van der Waals surface area contributed by atoms with E-state index < -0.39 is 11.6 Å². The minimum Gasteiger partial charge on any atom is -0.371 e. The molecule has 2 fully saturated rings. The van der Waals surface area contributed by atoms with E-state index in [0.29, 0.717) is 25.3 Å². The van der Waals surface area contributed by atoms with Crippen LogP contribution in [0.1, 0.15) is 25.3 Å². The molecular weight excluding hydrogens is 400 g/mol. The van der Waals surface area contributed by atoms with Crippen molar-refractivity contribution in [2.24, 2.45) is 11.8 Å². The molecule has 164 valence electrons. The number of carbonyl (C=O) groups excluding carboxylic acids is 2. The Kier molecular flexibility index (Phi) is 6.20. The van der Waals surface area contributed by atoms with E-state index in [2.05, 4.69) is 12.2 Å². The van der Waals surface area contributed by atoms with E-state index in [-0.39, 0.29) is 30.1 Å². The SMILES string of the molecule is CCc1ccccc1N1CC(C(=O)NCC2CCN(c3ccc(F)c(F)c3)C2)CC1=O. The van der Waals surface area contributed by atoms with Crippen molar-refractivity contribution in [3.05, 3.63) is 59.7 Å². The first-order valence-corrected chi connectivity index (χ1v) is 10.8. The maximum atomic E-state index is 13.5. The lowest BCUT2D eigenvalue weighted by Crippen LogP contribution is -2.36. The number of nitrogens with zero attached hydrogens (tertiary/aromatic N) is 2. The summed E-state index contributed by atoms with van der Waals surface area (Å²) in [4.78, 5) is 29.0. The second kappa shape index (κ2) is 9.04. The Morgan fingerprint density at radius 1 is 1.13 bits per heavy atom. The quantitative estimate of drug-likeness (QED) is 0.768. The molecule has 2 aromatic rings. The van der Waals surface area contributed by atoms with E-state index in [0.717, 1.165) is 36.7 Å². The van der Waals surface area contributed by atoms with Crippen LogP contribution >= 0.6 is 0 Å². The maximum absolute atomic E-state index is 13.5. The number of nitrogens with one attached hydrogen (secondary N) is 1. The van der Waals surface area contributed by atoms with Crippen molar-refractivity contribution in [1.82, 2.24) is 5.32 Å². The molecule has 7 heteroatoms.